The van der Waals surface area contributed by atoms with Crippen LogP contribution in [0.25, 0.3) is 21.5 Å². The molecule has 3 aromatic rings. The van der Waals surface area contributed by atoms with Gasteiger partial charge in [-0.05, 0) is 73.9 Å². The molecule has 0 unspecified atom stereocenters. The molecule has 194 valence electrons. The lowest BCUT2D eigenvalue weighted by atomic mass is 9.96. The second-order valence-corrected chi connectivity index (χ2v) is 9.80. The molecule has 0 amide bonds. The number of allylic oxidation sites excluding steroid dienone is 2. The number of hydrogen-bond donors (Lipinski definition) is 0. The Kier molecular flexibility index (Phi) is 11.9. The Morgan fingerprint density at radius 2 is 0.972 bits per heavy atom. The van der Waals surface area contributed by atoms with E-state index in [1.54, 1.807) is 0 Å². The van der Waals surface area contributed by atoms with E-state index in [0.717, 1.165) is 58.7 Å². The van der Waals surface area contributed by atoms with Gasteiger partial charge in [0.1, 0.15) is 11.5 Å². The van der Waals surface area contributed by atoms with Gasteiger partial charge in [-0.1, -0.05) is 90.5 Å². The van der Waals surface area contributed by atoms with Crippen LogP contribution in [0.15, 0.2) is 61.1 Å². The van der Waals surface area contributed by atoms with Gasteiger partial charge >= 0.3 is 0 Å². The second kappa shape index (κ2) is 15.4. The highest BCUT2D eigenvalue weighted by molar-refractivity contribution is 6.11. The summed E-state index contributed by atoms with van der Waals surface area (Å²) in [5.41, 5.74) is 2.61. The molecule has 0 N–H and O–H groups in total. The summed E-state index contributed by atoms with van der Waals surface area (Å²) < 4.78 is 12.8. The minimum absolute atomic E-state index is 0.929. The molecule has 0 saturated carbocycles. The Labute approximate surface area is 219 Å². The summed E-state index contributed by atoms with van der Waals surface area (Å²) in [6.45, 7) is 8.90. The van der Waals surface area contributed by atoms with E-state index in [1.807, 2.05) is 12.5 Å². The summed E-state index contributed by atoms with van der Waals surface area (Å²) in [5, 5.41) is 4.45. The summed E-state index contributed by atoms with van der Waals surface area (Å²) in [6.07, 6.45) is 22.3. The molecule has 0 aliphatic carbocycles. The molecule has 2 heteroatoms. The third kappa shape index (κ3) is 7.63. The van der Waals surface area contributed by atoms with Gasteiger partial charge in [0.15, 0.2) is 0 Å². The quantitative estimate of drug-likeness (QED) is 0.114. The molecule has 0 atom stereocenters. The smallest absolute Gasteiger partial charge is 0.142 e. The van der Waals surface area contributed by atoms with Crippen LogP contribution in [0, 0.1) is 0 Å². The summed E-state index contributed by atoms with van der Waals surface area (Å²) in [4.78, 5) is 0. The van der Waals surface area contributed by atoms with Crippen LogP contribution in [0.5, 0.6) is 11.5 Å². The molecule has 0 spiro atoms. The monoisotopic (exact) mass is 486 g/mol. The maximum absolute atomic E-state index is 6.39. The molecular weight excluding hydrogens is 440 g/mol. The number of ether oxygens (including phenoxy) is 2. The molecule has 0 bridgehead atoms. The molecule has 2 nitrogen and oxygen atoms in total. The van der Waals surface area contributed by atoms with E-state index in [1.165, 1.54) is 62.5 Å². The van der Waals surface area contributed by atoms with Crippen molar-refractivity contribution in [1.82, 2.24) is 0 Å². The number of unbranched alkanes of at least 4 members (excludes halogenated alkanes) is 8. The maximum atomic E-state index is 6.39. The van der Waals surface area contributed by atoms with Crippen molar-refractivity contribution < 1.29 is 9.47 Å². The zero-order chi connectivity index (χ0) is 25.6. The minimum atomic E-state index is 0.929. The van der Waals surface area contributed by atoms with Gasteiger partial charge in [0.2, 0.25) is 0 Å². The summed E-state index contributed by atoms with van der Waals surface area (Å²) in [6, 6.07) is 13.4. The van der Waals surface area contributed by atoms with Crippen molar-refractivity contribution in [2.75, 3.05) is 0 Å². The van der Waals surface area contributed by atoms with E-state index in [2.05, 4.69) is 76.2 Å². The number of fused-ring (bicyclic) bond motifs is 2. The third-order valence-corrected chi connectivity index (χ3v) is 6.98. The average molecular weight is 487 g/mol. The highest BCUT2D eigenvalue weighted by Crippen LogP contribution is 2.44. The van der Waals surface area contributed by atoms with Gasteiger partial charge in [-0.3, -0.25) is 0 Å². The fourth-order valence-corrected chi connectivity index (χ4v) is 4.68. The number of hydrogen-bond acceptors (Lipinski definition) is 2. The number of benzene rings is 3. The molecule has 0 aliphatic heterocycles. The van der Waals surface area contributed by atoms with Crippen LogP contribution in [0.3, 0.4) is 0 Å². The summed E-state index contributed by atoms with van der Waals surface area (Å²) >= 11 is 0. The Balaban J connectivity index is 1.99. The second-order valence-electron chi connectivity index (χ2n) is 9.80. The Bertz CT molecular complexity index is 1050. The van der Waals surface area contributed by atoms with Crippen molar-refractivity contribution in [2.45, 2.75) is 105 Å². The minimum Gasteiger partial charge on any atom is -0.464 e. The van der Waals surface area contributed by atoms with E-state index in [9.17, 15) is 0 Å². The lowest BCUT2D eigenvalue weighted by molar-refractivity contribution is 0.480. The van der Waals surface area contributed by atoms with Crippen molar-refractivity contribution in [3.8, 4) is 11.5 Å². The normalized spacial score (nSPS) is 11.9. The van der Waals surface area contributed by atoms with Crippen LogP contribution in [0.4, 0.5) is 0 Å². The molecular formula is C34H46O2. The topological polar surface area (TPSA) is 18.5 Å². The molecule has 3 aromatic carbocycles. The fourth-order valence-electron chi connectivity index (χ4n) is 4.68. The van der Waals surface area contributed by atoms with Crippen molar-refractivity contribution in [1.29, 1.82) is 0 Å². The van der Waals surface area contributed by atoms with Gasteiger partial charge in [-0.15, -0.1) is 0 Å². The van der Waals surface area contributed by atoms with E-state index >= 15 is 0 Å². The van der Waals surface area contributed by atoms with Crippen molar-refractivity contribution in [2.24, 2.45) is 0 Å². The Morgan fingerprint density at radius 1 is 0.528 bits per heavy atom. The predicted octanol–water partition coefficient (Wildman–Crippen LogP) is 10.8. The predicted molar refractivity (Wildman–Crippen MR) is 157 cm³/mol. The molecule has 0 aromatic heterocycles. The molecule has 0 radical (unpaired) electrons. The van der Waals surface area contributed by atoms with Crippen LogP contribution in [0.2, 0.25) is 0 Å². The van der Waals surface area contributed by atoms with Crippen LogP contribution >= 0.6 is 0 Å². The summed E-state index contributed by atoms with van der Waals surface area (Å²) in [7, 11) is 0. The van der Waals surface area contributed by atoms with Crippen LogP contribution in [-0.2, 0) is 12.8 Å². The molecule has 0 aliphatic rings. The van der Waals surface area contributed by atoms with Gasteiger partial charge in [-0.25, -0.2) is 0 Å². The van der Waals surface area contributed by atoms with Gasteiger partial charge in [-0.2, -0.15) is 0 Å². The maximum Gasteiger partial charge on any atom is 0.142 e. The zero-order valence-electron chi connectivity index (χ0n) is 23.1. The Morgan fingerprint density at radius 3 is 1.36 bits per heavy atom. The van der Waals surface area contributed by atoms with E-state index in [4.69, 9.17) is 9.47 Å². The van der Waals surface area contributed by atoms with Crippen LogP contribution in [0.1, 0.15) is 103 Å². The molecule has 0 heterocycles. The van der Waals surface area contributed by atoms with Gasteiger partial charge < -0.3 is 9.47 Å². The van der Waals surface area contributed by atoms with Crippen molar-refractivity contribution in [3.63, 3.8) is 0 Å². The fraction of sp³-hybridized carbons (Fsp3) is 0.471. The largest absolute Gasteiger partial charge is 0.464 e. The highest BCUT2D eigenvalue weighted by atomic mass is 16.5. The number of aryl methyl sites for hydroxylation is 2. The van der Waals surface area contributed by atoms with E-state index < -0.39 is 0 Å². The van der Waals surface area contributed by atoms with E-state index in [-0.39, 0.29) is 0 Å². The van der Waals surface area contributed by atoms with Gasteiger partial charge in [0, 0.05) is 21.5 Å². The lowest BCUT2D eigenvalue weighted by Crippen LogP contribution is -1.95. The third-order valence-electron chi connectivity index (χ3n) is 6.98. The number of rotatable bonds is 16. The SMILES string of the molecule is CCCCCC/C=C/Oc1c2ccc(CC)cc2c(O/C=C/CCCCCC)c2ccc(CC)cc12. The van der Waals surface area contributed by atoms with Gasteiger partial charge in [0.25, 0.3) is 0 Å². The molecule has 0 saturated heterocycles. The standard InChI is InChI=1S/C34H46O2/c1-5-9-11-13-15-17-23-35-33-29-21-19-28(8-4)26-32(29)34(36-24-18-16-14-12-10-6-2)30-22-20-27(7-3)25-31(30)33/h17-26H,5-16H2,1-4H3/b23-17+,24-18+. The first-order valence-electron chi connectivity index (χ1n) is 14.4. The average Bonchev–Trinajstić information content (AvgIpc) is 2.91. The zero-order valence-corrected chi connectivity index (χ0v) is 23.1. The van der Waals surface area contributed by atoms with Crippen LogP contribution in [-0.4, -0.2) is 0 Å². The highest BCUT2D eigenvalue weighted by Gasteiger charge is 2.17. The molecule has 36 heavy (non-hydrogen) atoms. The first-order chi connectivity index (χ1) is 17.7. The lowest BCUT2D eigenvalue weighted by Gasteiger charge is -2.17. The van der Waals surface area contributed by atoms with Crippen LogP contribution < -0.4 is 9.47 Å². The van der Waals surface area contributed by atoms with E-state index in [0.29, 0.717) is 0 Å². The molecule has 3 rings (SSSR count). The van der Waals surface area contributed by atoms with Crippen molar-refractivity contribution in [3.05, 3.63) is 72.2 Å². The Hall–Kier alpha value is -2.74. The first kappa shape index (κ1) is 27.8. The first-order valence-corrected chi connectivity index (χ1v) is 14.4. The van der Waals surface area contributed by atoms with Crippen molar-refractivity contribution >= 4 is 21.5 Å². The molecule has 0 fully saturated rings. The summed E-state index contributed by atoms with van der Waals surface area (Å²) in [5.74, 6) is 1.86. The van der Waals surface area contributed by atoms with Gasteiger partial charge in [0.05, 0.1) is 12.5 Å².